The van der Waals surface area contributed by atoms with Gasteiger partial charge in [0.25, 0.3) is 0 Å². The van der Waals surface area contributed by atoms with E-state index in [9.17, 15) is 0 Å². The quantitative estimate of drug-likeness (QED) is 0.772. The lowest BCUT2D eigenvalue weighted by Crippen LogP contribution is -2.42. The number of hydrogen-bond donors (Lipinski definition) is 2. The maximum Gasteiger partial charge on any atom is 0.119 e. The fourth-order valence-electron chi connectivity index (χ4n) is 1.68. The summed E-state index contributed by atoms with van der Waals surface area (Å²) in [5.74, 6) is 0.721. The molecule has 18 heavy (non-hydrogen) atoms. The van der Waals surface area contributed by atoms with Crippen molar-refractivity contribution in [1.82, 2.24) is 5.32 Å². The van der Waals surface area contributed by atoms with Crippen molar-refractivity contribution in [3.63, 3.8) is 0 Å². The first kappa shape index (κ1) is 14.5. The molecule has 4 nitrogen and oxygen atoms in total. The zero-order valence-corrected chi connectivity index (χ0v) is 10.9. The summed E-state index contributed by atoms with van der Waals surface area (Å²) in [4.78, 5) is 0. The molecule has 0 spiro atoms. The van der Waals surface area contributed by atoms with Crippen LogP contribution in [0.15, 0.2) is 24.3 Å². The van der Waals surface area contributed by atoms with Crippen molar-refractivity contribution in [2.24, 2.45) is 0 Å². The van der Waals surface area contributed by atoms with Gasteiger partial charge in [0.2, 0.25) is 0 Å². The van der Waals surface area contributed by atoms with Gasteiger partial charge in [-0.3, -0.25) is 5.32 Å². The first-order chi connectivity index (χ1) is 8.63. The summed E-state index contributed by atoms with van der Waals surface area (Å²) in [6, 6.07) is 9.58. The van der Waals surface area contributed by atoms with Gasteiger partial charge in [0, 0.05) is 6.42 Å². The number of nitrogens with one attached hydrogen (secondary N) is 1. The highest BCUT2D eigenvalue weighted by Crippen LogP contribution is 2.15. The summed E-state index contributed by atoms with van der Waals surface area (Å²) in [7, 11) is 0. The Morgan fingerprint density at radius 1 is 1.50 bits per heavy atom. The second-order valence-corrected chi connectivity index (χ2v) is 4.38. The minimum atomic E-state index is -0.552. The van der Waals surface area contributed by atoms with Crippen molar-refractivity contribution in [1.29, 1.82) is 5.26 Å². The summed E-state index contributed by atoms with van der Waals surface area (Å²) in [5.41, 5.74) is 0.269. The molecule has 0 aliphatic carbocycles. The molecule has 0 saturated carbocycles. The molecule has 1 unspecified atom stereocenters. The third-order valence-corrected chi connectivity index (χ3v) is 2.77. The number of ether oxygens (including phenoxy) is 1. The standard InChI is InChI=1S/C14H20N2O2/c1-3-16-14(2,11-15)7-8-18-13-6-4-5-12(9-13)10-17/h4-6,9,16-17H,3,7-8,10H2,1-2H3. The average Bonchev–Trinajstić information content (AvgIpc) is 2.39. The number of nitriles is 1. The Labute approximate surface area is 108 Å². The van der Waals surface area contributed by atoms with Crippen molar-refractivity contribution >= 4 is 0 Å². The summed E-state index contributed by atoms with van der Waals surface area (Å²) in [6.07, 6.45) is 0.612. The monoisotopic (exact) mass is 248 g/mol. The van der Waals surface area contributed by atoms with Gasteiger partial charge in [-0.15, -0.1) is 0 Å². The van der Waals surface area contributed by atoms with E-state index < -0.39 is 5.54 Å². The van der Waals surface area contributed by atoms with Crippen molar-refractivity contribution in [3.8, 4) is 11.8 Å². The molecule has 1 atom stereocenters. The largest absolute Gasteiger partial charge is 0.493 e. The molecule has 0 aliphatic heterocycles. The van der Waals surface area contributed by atoms with Crippen LogP contribution in [0, 0.1) is 11.3 Å². The molecule has 0 radical (unpaired) electrons. The van der Waals surface area contributed by atoms with Gasteiger partial charge < -0.3 is 9.84 Å². The second-order valence-electron chi connectivity index (χ2n) is 4.38. The number of rotatable bonds is 7. The van der Waals surface area contributed by atoms with Crippen molar-refractivity contribution < 1.29 is 9.84 Å². The Bertz CT molecular complexity index is 415. The van der Waals surface area contributed by atoms with Gasteiger partial charge >= 0.3 is 0 Å². The van der Waals surface area contributed by atoms with E-state index in [1.165, 1.54) is 0 Å². The van der Waals surface area contributed by atoms with Gasteiger partial charge in [-0.25, -0.2) is 0 Å². The van der Waals surface area contributed by atoms with Crippen LogP contribution in [-0.4, -0.2) is 23.8 Å². The lowest BCUT2D eigenvalue weighted by Gasteiger charge is -2.22. The predicted octanol–water partition coefficient (Wildman–Crippen LogP) is 1.84. The van der Waals surface area contributed by atoms with E-state index in [2.05, 4.69) is 11.4 Å². The van der Waals surface area contributed by atoms with E-state index in [1.54, 1.807) is 6.07 Å². The average molecular weight is 248 g/mol. The molecule has 98 valence electrons. The summed E-state index contributed by atoms with van der Waals surface area (Å²) < 4.78 is 5.59. The number of hydrogen-bond acceptors (Lipinski definition) is 4. The van der Waals surface area contributed by atoms with Gasteiger partial charge in [-0.1, -0.05) is 19.1 Å². The van der Waals surface area contributed by atoms with Gasteiger partial charge in [-0.2, -0.15) is 5.26 Å². The van der Waals surface area contributed by atoms with Gasteiger partial charge in [0.15, 0.2) is 0 Å². The number of nitrogens with zero attached hydrogens (tertiary/aromatic N) is 1. The third kappa shape index (κ3) is 4.36. The highest BCUT2D eigenvalue weighted by Gasteiger charge is 2.21. The van der Waals surface area contributed by atoms with Gasteiger partial charge in [0.05, 0.1) is 19.3 Å². The molecule has 0 amide bonds. The van der Waals surface area contributed by atoms with Crippen LogP contribution < -0.4 is 10.1 Å². The Morgan fingerprint density at radius 3 is 2.89 bits per heavy atom. The second kappa shape index (κ2) is 7.00. The Kier molecular flexibility index (Phi) is 5.63. The lowest BCUT2D eigenvalue weighted by molar-refractivity contribution is 0.264. The van der Waals surface area contributed by atoms with E-state index in [0.29, 0.717) is 13.0 Å². The molecule has 4 heteroatoms. The van der Waals surface area contributed by atoms with Crippen LogP contribution in [0.25, 0.3) is 0 Å². The molecule has 0 heterocycles. The molecule has 1 aromatic rings. The Morgan fingerprint density at radius 2 is 2.28 bits per heavy atom. The van der Waals surface area contributed by atoms with E-state index in [-0.39, 0.29) is 6.61 Å². The summed E-state index contributed by atoms with van der Waals surface area (Å²) in [6.45, 7) is 5.06. The van der Waals surface area contributed by atoms with Gasteiger partial charge in [-0.05, 0) is 31.2 Å². The topological polar surface area (TPSA) is 65.3 Å². The van der Waals surface area contributed by atoms with E-state index in [4.69, 9.17) is 15.1 Å². The Balaban J connectivity index is 2.48. The molecular formula is C14H20N2O2. The van der Waals surface area contributed by atoms with Crippen molar-refractivity contribution in [3.05, 3.63) is 29.8 Å². The third-order valence-electron chi connectivity index (χ3n) is 2.77. The van der Waals surface area contributed by atoms with Crippen LogP contribution in [0.2, 0.25) is 0 Å². The van der Waals surface area contributed by atoms with E-state index >= 15 is 0 Å². The van der Waals surface area contributed by atoms with Crippen LogP contribution in [0.5, 0.6) is 5.75 Å². The molecule has 0 aromatic heterocycles. The molecule has 0 aliphatic rings. The fraction of sp³-hybridized carbons (Fsp3) is 0.500. The van der Waals surface area contributed by atoms with E-state index in [1.807, 2.05) is 32.0 Å². The van der Waals surface area contributed by atoms with Crippen LogP contribution >= 0.6 is 0 Å². The maximum absolute atomic E-state index is 9.09. The fourth-order valence-corrected chi connectivity index (χ4v) is 1.68. The Hall–Kier alpha value is -1.57. The highest BCUT2D eigenvalue weighted by molar-refractivity contribution is 5.28. The molecule has 2 N–H and O–H groups in total. The summed E-state index contributed by atoms with van der Waals surface area (Å²) >= 11 is 0. The van der Waals surface area contributed by atoms with E-state index in [0.717, 1.165) is 17.9 Å². The number of aliphatic hydroxyl groups is 1. The van der Waals surface area contributed by atoms with Crippen LogP contribution in [0.1, 0.15) is 25.8 Å². The maximum atomic E-state index is 9.09. The minimum Gasteiger partial charge on any atom is -0.493 e. The predicted molar refractivity (Wildman–Crippen MR) is 70.2 cm³/mol. The van der Waals surface area contributed by atoms with Crippen molar-refractivity contribution in [2.45, 2.75) is 32.4 Å². The molecule has 0 fully saturated rings. The summed E-state index contributed by atoms with van der Waals surface area (Å²) in [5, 5.41) is 21.2. The van der Waals surface area contributed by atoms with Gasteiger partial charge in [0.1, 0.15) is 11.3 Å². The number of aliphatic hydroxyl groups excluding tert-OH is 1. The number of benzene rings is 1. The first-order valence-electron chi connectivity index (χ1n) is 6.12. The SMILES string of the molecule is CCNC(C)(C#N)CCOc1cccc(CO)c1. The molecular weight excluding hydrogens is 228 g/mol. The minimum absolute atomic E-state index is 0.00447. The first-order valence-corrected chi connectivity index (χ1v) is 6.12. The van der Waals surface area contributed by atoms with Crippen molar-refractivity contribution in [2.75, 3.05) is 13.2 Å². The van der Waals surface area contributed by atoms with Crippen LogP contribution in [0.3, 0.4) is 0 Å². The van der Waals surface area contributed by atoms with Crippen LogP contribution in [0.4, 0.5) is 0 Å². The van der Waals surface area contributed by atoms with Crippen LogP contribution in [-0.2, 0) is 6.61 Å². The highest BCUT2D eigenvalue weighted by atomic mass is 16.5. The molecule has 1 aromatic carbocycles. The zero-order valence-electron chi connectivity index (χ0n) is 10.9. The lowest BCUT2D eigenvalue weighted by atomic mass is 10.0. The molecule has 0 saturated heterocycles. The molecule has 1 rings (SSSR count). The zero-order chi connectivity index (χ0) is 13.4. The smallest absolute Gasteiger partial charge is 0.119 e. The normalized spacial score (nSPS) is 13.7. The molecule has 0 bridgehead atoms.